The van der Waals surface area contributed by atoms with Crippen LogP contribution in [0.5, 0.6) is 0 Å². The molecule has 2 aliphatic rings. The van der Waals surface area contributed by atoms with Gasteiger partial charge < -0.3 is 9.88 Å². The first kappa shape index (κ1) is 10.9. The van der Waals surface area contributed by atoms with Gasteiger partial charge >= 0.3 is 0 Å². The van der Waals surface area contributed by atoms with E-state index >= 15 is 0 Å². The Kier molecular flexibility index (Phi) is 2.68. The molecule has 90 valence electrons. The maximum Gasteiger partial charge on any atom is 0.120 e. The third kappa shape index (κ3) is 2.37. The second-order valence-corrected chi connectivity index (χ2v) is 5.54. The molecule has 2 fully saturated rings. The lowest BCUT2D eigenvalue weighted by molar-refractivity contribution is 0.416. The maximum atomic E-state index is 8.91. The molecular formula is C14H19N3. The van der Waals surface area contributed by atoms with E-state index in [1.807, 2.05) is 17.7 Å². The van der Waals surface area contributed by atoms with Crippen LogP contribution < -0.4 is 5.32 Å². The van der Waals surface area contributed by atoms with Crippen LogP contribution in [0.25, 0.3) is 0 Å². The highest BCUT2D eigenvalue weighted by molar-refractivity contribution is 5.28. The molecule has 0 aliphatic heterocycles. The number of aryl methyl sites for hydroxylation is 1. The van der Waals surface area contributed by atoms with E-state index in [2.05, 4.69) is 17.6 Å². The highest BCUT2D eigenvalue weighted by atomic mass is 15.0. The highest BCUT2D eigenvalue weighted by Crippen LogP contribution is 2.44. The smallest absolute Gasteiger partial charge is 0.120 e. The van der Waals surface area contributed by atoms with Crippen LogP contribution in [0, 0.1) is 23.2 Å². The summed E-state index contributed by atoms with van der Waals surface area (Å²) >= 11 is 0. The number of nitrogens with zero attached hydrogens (tertiary/aromatic N) is 2. The van der Waals surface area contributed by atoms with E-state index < -0.39 is 0 Å². The van der Waals surface area contributed by atoms with Crippen molar-refractivity contribution in [2.75, 3.05) is 0 Å². The summed E-state index contributed by atoms with van der Waals surface area (Å²) in [6, 6.07) is 4.94. The molecule has 0 aromatic carbocycles. The van der Waals surface area contributed by atoms with Gasteiger partial charge in [-0.15, -0.1) is 0 Å². The quantitative estimate of drug-likeness (QED) is 0.840. The van der Waals surface area contributed by atoms with Crippen LogP contribution in [-0.2, 0) is 13.6 Å². The van der Waals surface area contributed by atoms with Gasteiger partial charge in [0.05, 0.1) is 0 Å². The van der Waals surface area contributed by atoms with Gasteiger partial charge in [0.2, 0.25) is 0 Å². The molecule has 1 aromatic rings. The monoisotopic (exact) mass is 229 g/mol. The Balaban J connectivity index is 1.60. The van der Waals surface area contributed by atoms with Crippen molar-refractivity contribution < 1.29 is 0 Å². The van der Waals surface area contributed by atoms with Crippen molar-refractivity contribution in [1.82, 2.24) is 9.88 Å². The summed E-state index contributed by atoms with van der Waals surface area (Å²) in [4.78, 5) is 0. The fourth-order valence-electron chi connectivity index (χ4n) is 2.71. The number of nitrogens with one attached hydrogen (secondary N) is 1. The first-order valence-electron chi connectivity index (χ1n) is 6.56. The van der Waals surface area contributed by atoms with Gasteiger partial charge in [-0.05, 0) is 49.1 Å². The third-order valence-corrected chi connectivity index (χ3v) is 3.98. The molecule has 0 radical (unpaired) electrons. The number of nitriles is 1. The van der Waals surface area contributed by atoms with E-state index in [1.165, 1.54) is 31.2 Å². The molecule has 0 unspecified atom stereocenters. The van der Waals surface area contributed by atoms with Crippen molar-refractivity contribution in [2.24, 2.45) is 18.9 Å². The number of rotatable bonds is 5. The van der Waals surface area contributed by atoms with Crippen LogP contribution in [0.15, 0.2) is 12.3 Å². The molecule has 3 heteroatoms. The molecule has 17 heavy (non-hydrogen) atoms. The normalized spacial score (nSPS) is 19.6. The zero-order valence-electron chi connectivity index (χ0n) is 10.3. The van der Waals surface area contributed by atoms with Gasteiger partial charge in [0.1, 0.15) is 11.8 Å². The number of hydrogen-bond donors (Lipinski definition) is 1. The second kappa shape index (κ2) is 4.19. The van der Waals surface area contributed by atoms with Crippen molar-refractivity contribution >= 4 is 0 Å². The summed E-state index contributed by atoms with van der Waals surface area (Å²) in [5.41, 5.74) is 1.98. The summed E-state index contributed by atoms with van der Waals surface area (Å²) < 4.78 is 1.90. The summed E-state index contributed by atoms with van der Waals surface area (Å²) in [5, 5.41) is 12.6. The van der Waals surface area contributed by atoms with E-state index in [0.717, 1.165) is 30.1 Å². The van der Waals surface area contributed by atoms with Crippen LogP contribution in [0.1, 0.15) is 36.9 Å². The van der Waals surface area contributed by atoms with Crippen molar-refractivity contribution in [3.63, 3.8) is 0 Å². The number of hydrogen-bond acceptors (Lipinski definition) is 2. The molecule has 1 N–H and O–H groups in total. The predicted molar refractivity (Wildman–Crippen MR) is 66.2 cm³/mol. The van der Waals surface area contributed by atoms with Crippen LogP contribution in [-0.4, -0.2) is 10.6 Å². The van der Waals surface area contributed by atoms with Crippen LogP contribution >= 0.6 is 0 Å². The minimum Gasteiger partial charge on any atom is -0.342 e. The van der Waals surface area contributed by atoms with Gasteiger partial charge in [-0.3, -0.25) is 0 Å². The molecule has 3 rings (SSSR count). The van der Waals surface area contributed by atoms with Crippen LogP contribution in [0.3, 0.4) is 0 Å². The zero-order valence-corrected chi connectivity index (χ0v) is 10.3. The Labute approximate surface area is 102 Å². The fraction of sp³-hybridized carbons (Fsp3) is 0.643. The van der Waals surface area contributed by atoms with Gasteiger partial charge in [-0.25, -0.2) is 0 Å². The van der Waals surface area contributed by atoms with E-state index in [9.17, 15) is 0 Å². The van der Waals surface area contributed by atoms with E-state index in [-0.39, 0.29) is 0 Å². The first-order valence-corrected chi connectivity index (χ1v) is 6.56. The molecule has 0 bridgehead atoms. The molecule has 1 aromatic heterocycles. The van der Waals surface area contributed by atoms with Gasteiger partial charge in [0, 0.05) is 25.8 Å². The van der Waals surface area contributed by atoms with E-state index in [1.54, 1.807) is 0 Å². The lowest BCUT2D eigenvalue weighted by atomic mass is 10.1. The van der Waals surface area contributed by atoms with Gasteiger partial charge in [0.15, 0.2) is 0 Å². The lowest BCUT2D eigenvalue weighted by Gasteiger charge is -2.16. The molecule has 2 aliphatic carbocycles. The van der Waals surface area contributed by atoms with Crippen LogP contribution in [0.2, 0.25) is 0 Å². The average Bonchev–Trinajstić information content (AvgIpc) is 3.19. The van der Waals surface area contributed by atoms with Crippen LogP contribution in [0.4, 0.5) is 0 Å². The predicted octanol–water partition coefficient (Wildman–Crippen LogP) is 2.17. The molecular weight excluding hydrogens is 210 g/mol. The minimum atomic E-state index is 0.737. The van der Waals surface area contributed by atoms with Crippen molar-refractivity contribution in [3.8, 4) is 6.07 Å². The number of aromatic nitrogens is 1. The lowest BCUT2D eigenvalue weighted by Crippen LogP contribution is -2.32. The van der Waals surface area contributed by atoms with Gasteiger partial charge in [0.25, 0.3) is 0 Å². The summed E-state index contributed by atoms with van der Waals surface area (Å²) in [5.74, 6) is 1.86. The van der Waals surface area contributed by atoms with Crippen molar-refractivity contribution in [2.45, 2.75) is 38.3 Å². The molecule has 0 atom stereocenters. The van der Waals surface area contributed by atoms with Crippen molar-refractivity contribution in [1.29, 1.82) is 5.26 Å². The summed E-state index contributed by atoms with van der Waals surface area (Å²) in [7, 11) is 1.93. The zero-order chi connectivity index (χ0) is 11.8. The third-order valence-electron chi connectivity index (χ3n) is 3.98. The molecule has 0 spiro atoms. The molecule has 2 saturated carbocycles. The van der Waals surface area contributed by atoms with E-state index in [0.29, 0.717) is 0 Å². The van der Waals surface area contributed by atoms with E-state index in [4.69, 9.17) is 5.26 Å². The molecule has 1 heterocycles. The Morgan fingerprint density at radius 1 is 1.41 bits per heavy atom. The Hall–Kier alpha value is -1.27. The standard InChI is InChI=1S/C14H19N3/c1-17-9-10(6-13(17)7-15)8-16-14(11-2-3-11)12-4-5-12/h6,9,11-12,14,16H,2-5,8H2,1H3. The fourth-order valence-corrected chi connectivity index (χ4v) is 2.71. The Morgan fingerprint density at radius 2 is 2.06 bits per heavy atom. The first-order chi connectivity index (χ1) is 8.28. The average molecular weight is 229 g/mol. The highest BCUT2D eigenvalue weighted by Gasteiger charge is 2.40. The molecule has 0 amide bonds. The van der Waals surface area contributed by atoms with Crippen molar-refractivity contribution in [3.05, 3.63) is 23.5 Å². The Bertz CT molecular complexity index is 435. The molecule has 0 saturated heterocycles. The summed E-state index contributed by atoms with van der Waals surface area (Å²) in [6.07, 6.45) is 7.69. The van der Waals surface area contributed by atoms with Gasteiger partial charge in [-0.1, -0.05) is 0 Å². The second-order valence-electron chi connectivity index (χ2n) is 5.54. The summed E-state index contributed by atoms with van der Waals surface area (Å²) in [6.45, 7) is 0.910. The molecule has 3 nitrogen and oxygen atoms in total. The largest absolute Gasteiger partial charge is 0.342 e. The maximum absolute atomic E-state index is 8.91. The SMILES string of the molecule is Cn1cc(CNC(C2CC2)C2CC2)cc1C#N. The minimum absolute atomic E-state index is 0.737. The van der Waals surface area contributed by atoms with Gasteiger partial charge in [-0.2, -0.15) is 5.26 Å². The topological polar surface area (TPSA) is 40.8 Å². The Morgan fingerprint density at radius 3 is 2.53 bits per heavy atom.